The minimum atomic E-state index is -0.793. The van der Waals surface area contributed by atoms with E-state index >= 15 is 0 Å². The van der Waals surface area contributed by atoms with Crippen molar-refractivity contribution in [1.29, 1.82) is 0 Å². The molecule has 3 atom stereocenters. The second-order valence-electron chi connectivity index (χ2n) is 5.85. The predicted octanol–water partition coefficient (Wildman–Crippen LogP) is 0.520. The van der Waals surface area contributed by atoms with Crippen LogP contribution in [0.5, 0.6) is 0 Å². The quantitative estimate of drug-likeness (QED) is 0.685. The van der Waals surface area contributed by atoms with Crippen molar-refractivity contribution >= 4 is 17.8 Å². The molecule has 1 saturated carbocycles. The molecule has 1 saturated heterocycles. The highest BCUT2D eigenvalue weighted by molar-refractivity contribution is 5.80. The molecule has 2 fully saturated rings. The van der Waals surface area contributed by atoms with E-state index in [2.05, 4.69) is 10.6 Å². The zero-order chi connectivity index (χ0) is 14.5. The fraction of sp³-hybridized carbons (Fsp3) is 0.786. The zero-order valence-corrected chi connectivity index (χ0v) is 11.6. The van der Waals surface area contributed by atoms with E-state index in [1.54, 1.807) is 0 Å². The molecule has 20 heavy (non-hydrogen) atoms. The Morgan fingerprint density at radius 2 is 2.05 bits per heavy atom. The molecular formula is C14H22N2O4. The average molecular weight is 282 g/mol. The molecule has 1 unspecified atom stereocenters. The van der Waals surface area contributed by atoms with E-state index in [-0.39, 0.29) is 23.7 Å². The van der Waals surface area contributed by atoms with Crippen molar-refractivity contribution in [2.45, 2.75) is 38.5 Å². The third-order valence-electron chi connectivity index (χ3n) is 4.31. The van der Waals surface area contributed by atoms with Gasteiger partial charge >= 0.3 is 5.97 Å². The number of rotatable bonds is 5. The highest BCUT2D eigenvalue weighted by Crippen LogP contribution is 2.29. The van der Waals surface area contributed by atoms with Crippen molar-refractivity contribution in [3.05, 3.63) is 0 Å². The summed E-state index contributed by atoms with van der Waals surface area (Å²) in [7, 11) is 0. The molecule has 1 heterocycles. The number of carbonyl (C=O) groups is 3. The molecule has 0 aromatic heterocycles. The minimum Gasteiger partial charge on any atom is -0.481 e. The summed E-state index contributed by atoms with van der Waals surface area (Å²) in [6, 6.07) is 0. The Labute approximate surface area is 118 Å². The lowest BCUT2D eigenvalue weighted by Gasteiger charge is -2.25. The normalized spacial score (nSPS) is 29.8. The van der Waals surface area contributed by atoms with Gasteiger partial charge in [0.2, 0.25) is 11.8 Å². The first-order chi connectivity index (χ1) is 9.56. The van der Waals surface area contributed by atoms with Crippen molar-refractivity contribution in [1.82, 2.24) is 10.6 Å². The van der Waals surface area contributed by atoms with Crippen molar-refractivity contribution in [3.8, 4) is 0 Å². The maximum absolute atomic E-state index is 12.0. The first-order valence-electron chi connectivity index (χ1n) is 7.33. The molecule has 2 amide bonds. The molecule has 3 N–H and O–H groups in total. The van der Waals surface area contributed by atoms with Crippen molar-refractivity contribution in [2.75, 3.05) is 13.1 Å². The fourth-order valence-corrected chi connectivity index (χ4v) is 3.06. The SMILES string of the molecule is O=C1CC(CCNC(=O)[C@@H]2CCC[C@H](C(=O)O)C2)CN1. The van der Waals surface area contributed by atoms with Crippen LogP contribution >= 0.6 is 0 Å². The van der Waals surface area contributed by atoms with E-state index < -0.39 is 5.97 Å². The Bertz CT molecular complexity index is 397. The van der Waals surface area contributed by atoms with Crippen molar-refractivity contribution in [2.24, 2.45) is 17.8 Å². The molecule has 0 spiro atoms. The van der Waals surface area contributed by atoms with E-state index in [0.29, 0.717) is 38.3 Å². The van der Waals surface area contributed by atoms with Gasteiger partial charge in [0.05, 0.1) is 5.92 Å². The van der Waals surface area contributed by atoms with Gasteiger partial charge in [-0.1, -0.05) is 6.42 Å². The van der Waals surface area contributed by atoms with Crippen LogP contribution in [0.4, 0.5) is 0 Å². The summed E-state index contributed by atoms with van der Waals surface area (Å²) in [6.45, 7) is 1.26. The Morgan fingerprint density at radius 1 is 1.30 bits per heavy atom. The third kappa shape index (κ3) is 3.95. The van der Waals surface area contributed by atoms with E-state index in [1.807, 2.05) is 0 Å². The van der Waals surface area contributed by atoms with Crippen LogP contribution in [0.15, 0.2) is 0 Å². The van der Waals surface area contributed by atoms with Crippen LogP contribution in [0.3, 0.4) is 0 Å². The van der Waals surface area contributed by atoms with E-state index in [4.69, 9.17) is 5.11 Å². The van der Waals surface area contributed by atoms with Crippen LogP contribution in [0, 0.1) is 17.8 Å². The zero-order valence-electron chi connectivity index (χ0n) is 11.6. The van der Waals surface area contributed by atoms with Gasteiger partial charge in [0.1, 0.15) is 0 Å². The molecule has 2 rings (SSSR count). The summed E-state index contributed by atoms with van der Waals surface area (Å²) in [5.41, 5.74) is 0. The number of carbonyl (C=O) groups excluding carboxylic acids is 2. The lowest BCUT2D eigenvalue weighted by Crippen LogP contribution is -2.36. The second kappa shape index (κ2) is 6.72. The summed E-state index contributed by atoms with van der Waals surface area (Å²) in [4.78, 5) is 34.0. The van der Waals surface area contributed by atoms with E-state index in [1.165, 1.54) is 0 Å². The molecule has 1 aliphatic heterocycles. The first-order valence-corrected chi connectivity index (χ1v) is 7.33. The summed E-state index contributed by atoms with van der Waals surface area (Å²) in [6.07, 6.45) is 4.04. The fourth-order valence-electron chi connectivity index (χ4n) is 3.06. The van der Waals surface area contributed by atoms with E-state index in [9.17, 15) is 14.4 Å². The predicted molar refractivity (Wildman–Crippen MR) is 71.8 cm³/mol. The van der Waals surface area contributed by atoms with Gasteiger partial charge in [-0.25, -0.2) is 0 Å². The van der Waals surface area contributed by atoms with E-state index in [0.717, 1.165) is 19.3 Å². The summed E-state index contributed by atoms with van der Waals surface area (Å²) < 4.78 is 0. The summed E-state index contributed by atoms with van der Waals surface area (Å²) in [5, 5.41) is 14.7. The first kappa shape index (κ1) is 14.8. The number of hydrogen-bond donors (Lipinski definition) is 3. The lowest BCUT2D eigenvalue weighted by atomic mass is 9.81. The molecule has 0 aromatic carbocycles. The average Bonchev–Trinajstić information content (AvgIpc) is 2.84. The van der Waals surface area contributed by atoms with Crippen molar-refractivity contribution < 1.29 is 19.5 Å². The summed E-state index contributed by atoms with van der Waals surface area (Å²) in [5.74, 6) is -0.991. The molecule has 0 radical (unpaired) electrons. The van der Waals surface area contributed by atoms with Crippen molar-refractivity contribution in [3.63, 3.8) is 0 Å². The second-order valence-corrected chi connectivity index (χ2v) is 5.85. The van der Waals surface area contributed by atoms with Crippen LogP contribution in [0.1, 0.15) is 38.5 Å². The monoisotopic (exact) mass is 282 g/mol. The highest BCUT2D eigenvalue weighted by Gasteiger charge is 2.31. The molecule has 0 bridgehead atoms. The van der Waals surface area contributed by atoms with Crippen LogP contribution in [0.2, 0.25) is 0 Å². The van der Waals surface area contributed by atoms with Gasteiger partial charge in [-0.2, -0.15) is 0 Å². The van der Waals surface area contributed by atoms with Gasteiger partial charge in [0.15, 0.2) is 0 Å². The van der Waals surface area contributed by atoms with Gasteiger partial charge in [0.25, 0.3) is 0 Å². The smallest absolute Gasteiger partial charge is 0.306 e. The molecular weight excluding hydrogens is 260 g/mol. The maximum Gasteiger partial charge on any atom is 0.306 e. The summed E-state index contributed by atoms with van der Waals surface area (Å²) >= 11 is 0. The standard InChI is InChI=1S/C14H22N2O4/c17-12-6-9(8-16-12)4-5-15-13(18)10-2-1-3-11(7-10)14(19)20/h9-11H,1-8H2,(H,15,18)(H,16,17)(H,19,20)/t9?,10-,11+/m1/s1. The third-order valence-corrected chi connectivity index (χ3v) is 4.31. The van der Waals surface area contributed by atoms with Gasteiger partial charge in [0, 0.05) is 25.4 Å². The number of amides is 2. The lowest BCUT2D eigenvalue weighted by molar-refractivity contribution is -0.144. The van der Waals surface area contributed by atoms with Gasteiger partial charge < -0.3 is 15.7 Å². The molecule has 0 aromatic rings. The highest BCUT2D eigenvalue weighted by atomic mass is 16.4. The largest absolute Gasteiger partial charge is 0.481 e. The van der Waals surface area contributed by atoms with Crippen LogP contribution in [-0.4, -0.2) is 36.0 Å². The Balaban J connectivity index is 1.69. The number of carboxylic acid groups (broad SMARTS) is 1. The minimum absolute atomic E-state index is 0.0340. The Hall–Kier alpha value is -1.59. The topological polar surface area (TPSA) is 95.5 Å². The van der Waals surface area contributed by atoms with Crippen LogP contribution < -0.4 is 10.6 Å². The molecule has 2 aliphatic rings. The van der Waals surface area contributed by atoms with Gasteiger partial charge in [-0.3, -0.25) is 14.4 Å². The number of aliphatic carboxylic acids is 1. The Morgan fingerprint density at radius 3 is 2.70 bits per heavy atom. The van der Waals surface area contributed by atoms with Crippen LogP contribution in [0.25, 0.3) is 0 Å². The number of hydrogen-bond acceptors (Lipinski definition) is 3. The maximum atomic E-state index is 12.0. The van der Waals surface area contributed by atoms with Gasteiger partial charge in [-0.15, -0.1) is 0 Å². The number of carboxylic acids is 1. The Kier molecular flexibility index (Phi) is 4.98. The number of nitrogens with one attached hydrogen (secondary N) is 2. The van der Waals surface area contributed by atoms with Crippen LogP contribution in [-0.2, 0) is 14.4 Å². The van der Waals surface area contributed by atoms with Gasteiger partial charge in [-0.05, 0) is 31.6 Å². The molecule has 6 nitrogen and oxygen atoms in total. The molecule has 112 valence electrons. The molecule has 6 heteroatoms. The molecule has 1 aliphatic carbocycles.